The number of benzene rings is 1. The summed E-state index contributed by atoms with van der Waals surface area (Å²) in [5, 5.41) is 0. The molecule has 2 rings (SSSR count). The molecule has 0 radical (unpaired) electrons. The van der Waals surface area contributed by atoms with Gasteiger partial charge in [0.05, 0.1) is 18.8 Å². The first-order valence-electron chi connectivity index (χ1n) is 7.01. The predicted molar refractivity (Wildman–Crippen MR) is 75.8 cm³/mol. The van der Waals surface area contributed by atoms with Gasteiger partial charge in [0.15, 0.2) is 0 Å². The van der Waals surface area contributed by atoms with Crippen molar-refractivity contribution in [2.24, 2.45) is 11.8 Å². The van der Waals surface area contributed by atoms with Crippen molar-refractivity contribution in [1.82, 2.24) is 5.43 Å². The Morgan fingerprint density at radius 1 is 1.32 bits per heavy atom. The number of hydrogen-bond acceptors (Lipinski definition) is 4. The van der Waals surface area contributed by atoms with Crippen LogP contribution in [0.2, 0.25) is 0 Å². The summed E-state index contributed by atoms with van der Waals surface area (Å²) >= 11 is 0. The summed E-state index contributed by atoms with van der Waals surface area (Å²) in [7, 11) is 0. The smallest absolute Gasteiger partial charge is 0.119 e. The highest BCUT2D eigenvalue weighted by Gasteiger charge is 2.24. The van der Waals surface area contributed by atoms with Crippen molar-refractivity contribution in [3.05, 3.63) is 29.8 Å². The fourth-order valence-electron chi connectivity index (χ4n) is 2.56. The van der Waals surface area contributed by atoms with Gasteiger partial charge in [-0.25, -0.2) is 0 Å². The van der Waals surface area contributed by atoms with E-state index in [2.05, 4.69) is 17.6 Å². The Hall–Kier alpha value is -1.10. The van der Waals surface area contributed by atoms with E-state index in [0.29, 0.717) is 5.92 Å². The average molecular weight is 264 g/mol. The molecule has 4 heteroatoms. The quantitative estimate of drug-likeness (QED) is 0.633. The van der Waals surface area contributed by atoms with Crippen molar-refractivity contribution in [3.8, 4) is 5.75 Å². The third-order valence-electron chi connectivity index (χ3n) is 3.46. The summed E-state index contributed by atoms with van der Waals surface area (Å²) in [5.41, 5.74) is 4.12. The van der Waals surface area contributed by atoms with E-state index in [4.69, 9.17) is 15.3 Å². The average Bonchev–Trinajstić information content (AvgIpc) is 2.42. The molecule has 1 saturated heterocycles. The maximum atomic E-state index is 5.72. The highest BCUT2D eigenvalue weighted by atomic mass is 16.5. The second-order valence-electron chi connectivity index (χ2n) is 5.36. The van der Waals surface area contributed by atoms with Gasteiger partial charge in [-0.1, -0.05) is 12.1 Å². The molecule has 1 aromatic carbocycles. The third kappa shape index (κ3) is 3.93. The Balaban J connectivity index is 2.05. The number of hydrogen-bond donors (Lipinski definition) is 2. The molecular formula is C15H24N2O2. The van der Waals surface area contributed by atoms with Gasteiger partial charge < -0.3 is 9.47 Å². The normalized spacial score (nSPS) is 21.4. The van der Waals surface area contributed by atoms with Gasteiger partial charge in [0.2, 0.25) is 0 Å². The molecule has 4 nitrogen and oxygen atoms in total. The number of nitrogens with one attached hydrogen (secondary N) is 1. The Morgan fingerprint density at radius 2 is 2.05 bits per heavy atom. The molecule has 2 unspecified atom stereocenters. The van der Waals surface area contributed by atoms with E-state index in [1.54, 1.807) is 0 Å². The van der Waals surface area contributed by atoms with Crippen LogP contribution in [0.15, 0.2) is 24.3 Å². The summed E-state index contributed by atoms with van der Waals surface area (Å²) in [5.74, 6) is 7.06. The van der Waals surface area contributed by atoms with Crippen LogP contribution in [0.4, 0.5) is 0 Å². The zero-order chi connectivity index (χ0) is 13.7. The van der Waals surface area contributed by atoms with Gasteiger partial charge in [-0.15, -0.1) is 0 Å². The van der Waals surface area contributed by atoms with Crippen molar-refractivity contribution in [3.63, 3.8) is 0 Å². The zero-order valence-corrected chi connectivity index (χ0v) is 11.8. The standard InChI is InChI=1S/C15H24N2O2/c1-11(2)19-14-7-5-12(6-8-14)15(17-16)13-4-3-9-18-10-13/h5-8,11,13,15,17H,3-4,9-10,16H2,1-2H3. The van der Waals surface area contributed by atoms with Gasteiger partial charge in [0, 0.05) is 12.5 Å². The lowest BCUT2D eigenvalue weighted by Gasteiger charge is -2.30. The molecule has 0 amide bonds. The third-order valence-corrected chi connectivity index (χ3v) is 3.46. The molecule has 3 N–H and O–H groups in total. The zero-order valence-electron chi connectivity index (χ0n) is 11.8. The largest absolute Gasteiger partial charge is 0.491 e. The summed E-state index contributed by atoms with van der Waals surface area (Å²) < 4.78 is 11.2. The second-order valence-corrected chi connectivity index (χ2v) is 5.36. The van der Waals surface area contributed by atoms with E-state index in [-0.39, 0.29) is 12.1 Å². The van der Waals surface area contributed by atoms with E-state index < -0.39 is 0 Å². The molecule has 2 atom stereocenters. The Bertz CT molecular complexity index is 372. The minimum atomic E-state index is 0.147. The van der Waals surface area contributed by atoms with Gasteiger partial charge in [0.1, 0.15) is 5.75 Å². The minimum absolute atomic E-state index is 0.147. The molecule has 1 aromatic rings. The van der Waals surface area contributed by atoms with Crippen LogP contribution in [0.3, 0.4) is 0 Å². The first-order valence-corrected chi connectivity index (χ1v) is 7.01. The Morgan fingerprint density at radius 3 is 2.58 bits per heavy atom. The van der Waals surface area contributed by atoms with E-state index in [9.17, 15) is 0 Å². The van der Waals surface area contributed by atoms with Crippen LogP contribution < -0.4 is 16.0 Å². The highest BCUT2D eigenvalue weighted by molar-refractivity contribution is 5.29. The molecule has 0 aromatic heterocycles. The number of nitrogens with two attached hydrogens (primary N) is 1. The second kappa shape index (κ2) is 6.89. The van der Waals surface area contributed by atoms with Crippen molar-refractivity contribution in [1.29, 1.82) is 0 Å². The molecule has 0 aliphatic carbocycles. The number of ether oxygens (including phenoxy) is 2. The van der Waals surface area contributed by atoms with Gasteiger partial charge in [-0.05, 0) is 44.4 Å². The topological polar surface area (TPSA) is 56.5 Å². The van der Waals surface area contributed by atoms with Crippen molar-refractivity contribution >= 4 is 0 Å². The van der Waals surface area contributed by atoms with E-state index in [0.717, 1.165) is 31.8 Å². The summed E-state index contributed by atoms with van der Waals surface area (Å²) in [4.78, 5) is 0. The predicted octanol–water partition coefficient (Wildman–Crippen LogP) is 2.40. The molecule has 0 spiro atoms. The van der Waals surface area contributed by atoms with Crippen LogP contribution in [0.1, 0.15) is 38.3 Å². The van der Waals surface area contributed by atoms with Gasteiger partial charge in [-0.3, -0.25) is 11.3 Å². The van der Waals surface area contributed by atoms with E-state index in [1.165, 1.54) is 5.56 Å². The molecule has 1 heterocycles. The van der Waals surface area contributed by atoms with Crippen LogP contribution >= 0.6 is 0 Å². The lowest BCUT2D eigenvalue weighted by Crippen LogP contribution is -2.37. The molecule has 106 valence electrons. The lowest BCUT2D eigenvalue weighted by molar-refractivity contribution is 0.0390. The molecule has 19 heavy (non-hydrogen) atoms. The highest BCUT2D eigenvalue weighted by Crippen LogP contribution is 2.29. The number of rotatable bonds is 5. The van der Waals surface area contributed by atoms with Crippen LogP contribution in [-0.4, -0.2) is 19.3 Å². The van der Waals surface area contributed by atoms with E-state index >= 15 is 0 Å². The van der Waals surface area contributed by atoms with Gasteiger partial charge in [0.25, 0.3) is 0 Å². The minimum Gasteiger partial charge on any atom is -0.491 e. The van der Waals surface area contributed by atoms with Gasteiger partial charge >= 0.3 is 0 Å². The summed E-state index contributed by atoms with van der Waals surface area (Å²) in [6, 6.07) is 8.31. The SMILES string of the molecule is CC(C)Oc1ccc(C(NN)C2CCCOC2)cc1. The van der Waals surface area contributed by atoms with Crippen molar-refractivity contribution < 1.29 is 9.47 Å². The molecule has 1 aliphatic heterocycles. The fraction of sp³-hybridized carbons (Fsp3) is 0.600. The fourth-order valence-corrected chi connectivity index (χ4v) is 2.56. The Kier molecular flexibility index (Phi) is 5.19. The van der Waals surface area contributed by atoms with Crippen molar-refractivity contribution in [2.45, 2.75) is 38.8 Å². The molecular weight excluding hydrogens is 240 g/mol. The Labute approximate surface area is 115 Å². The first-order chi connectivity index (χ1) is 9.20. The maximum Gasteiger partial charge on any atom is 0.119 e. The maximum absolute atomic E-state index is 5.72. The molecule has 1 aliphatic rings. The van der Waals surface area contributed by atoms with E-state index in [1.807, 2.05) is 26.0 Å². The summed E-state index contributed by atoms with van der Waals surface area (Å²) in [6.45, 7) is 5.70. The molecule has 0 saturated carbocycles. The number of hydrazine groups is 1. The first kappa shape index (κ1) is 14.3. The summed E-state index contributed by atoms with van der Waals surface area (Å²) in [6.07, 6.45) is 2.46. The monoisotopic (exact) mass is 264 g/mol. The molecule has 1 fully saturated rings. The molecule has 0 bridgehead atoms. The van der Waals surface area contributed by atoms with Crippen molar-refractivity contribution in [2.75, 3.05) is 13.2 Å². The van der Waals surface area contributed by atoms with Crippen LogP contribution in [0.5, 0.6) is 5.75 Å². The van der Waals surface area contributed by atoms with Crippen LogP contribution in [0.25, 0.3) is 0 Å². The lowest BCUT2D eigenvalue weighted by atomic mass is 9.89. The van der Waals surface area contributed by atoms with Crippen LogP contribution in [-0.2, 0) is 4.74 Å². The van der Waals surface area contributed by atoms with Gasteiger partial charge in [-0.2, -0.15) is 0 Å². The van der Waals surface area contributed by atoms with Crippen LogP contribution in [0, 0.1) is 5.92 Å².